The van der Waals surface area contributed by atoms with Crippen molar-refractivity contribution >= 4 is 33.6 Å². The Balaban J connectivity index is 1.56. The number of rotatable bonds is 5. The fraction of sp³-hybridized carbons (Fsp3) is 0.600. The van der Waals surface area contributed by atoms with Crippen LogP contribution >= 0.6 is 11.8 Å². The molecular formula is C20H28N6S. The maximum atomic E-state index is 5.95. The summed E-state index contributed by atoms with van der Waals surface area (Å²) in [4.78, 5) is 18.3. The molecule has 0 aromatic carbocycles. The second kappa shape index (κ2) is 7.02. The van der Waals surface area contributed by atoms with E-state index in [0.29, 0.717) is 30.2 Å². The molecule has 1 aromatic rings. The number of hydrogen-bond acceptors (Lipinski definition) is 7. The maximum Gasteiger partial charge on any atom is 0.222 e. The molecule has 7 heteroatoms. The summed E-state index contributed by atoms with van der Waals surface area (Å²) in [5.74, 6) is 1.97. The Labute approximate surface area is 165 Å². The van der Waals surface area contributed by atoms with Gasteiger partial charge < -0.3 is 11.1 Å². The molecule has 3 aliphatic rings. The third kappa shape index (κ3) is 3.67. The van der Waals surface area contributed by atoms with Gasteiger partial charge in [0.05, 0.1) is 15.8 Å². The van der Waals surface area contributed by atoms with Crippen LogP contribution in [0.4, 0.5) is 11.8 Å². The van der Waals surface area contributed by atoms with Crippen molar-refractivity contribution in [3.8, 4) is 0 Å². The Morgan fingerprint density at radius 2 is 2.19 bits per heavy atom. The molecule has 3 unspecified atom stereocenters. The second-order valence-corrected chi connectivity index (χ2v) is 9.32. The molecule has 1 saturated heterocycles. The maximum absolute atomic E-state index is 5.95. The Morgan fingerprint density at radius 3 is 2.96 bits per heavy atom. The van der Waals surface area contributed by atoms with E-state index in [1.54, 1.807) is 11.8 Å². The van der Waals surface area contributed by atoms with Crippen molar-refractivity contribution in [1.29, 1.82) is 0 Å². The largest absolute Gasteiger partial charge is 0.368 e. The van der Waals surface area contributed by atoms with Crippen LogP contribution in [0.1, 0.15) is 46.2 Å². The molecule has 0 radical (unpaired) electrons. The molecule has 2 aliphatic heterocycles. The van der Waals surface area contributed by atoms with Gasteiger partial charge in [-0.1, -0.05) is 38.6 Å². The average Bonchev–Trinajstić information content (AvgIpc) is 3.33. The Bertz CT molecular complexity index is 843. The lowest BCUT2D eigenvalue weighted by Gasteiger charge is -2.26. The van der Waals surface area contributed by atoms with Crippen LogP contribution in [0.3, 0.4) is 0 Å². The molecule has 1 aliphatic carbocycles. The van der Waals surface area contributed by atoms with Gasteiger partial charge in [-0.05, 0) is 31.3 Å². The van der Waals surface area contributed by atoms with E-state index in [2.05, 4.69) is 49.1 Å². The number of nitrogen functional groups attached to an aromatic ring is 1. The van der Waals surface area contributed by atoms with Crippen molar-refractivity contribution in [2.45, 2.75) is 53.1 Å². The van der Waals surface area contributed by atoms with E-state index in [1.165, 1.54) is 5.57 Å². The number of nitrogens with one attached hydrogen (secondary N) is 1. The Kier molecular flexibility index (Phi) is 4.84. The third-order valence-corrected chi connectivity index (χ3v) is 7.06. The summed E-state index contributed by atoms with van der Waals surface area (Å²) < 4.78 is 0. The summed E-state index contributed by atoms with van der Waals surface area (Å²) in [5, 5.41) is 5.75. The molecule has 3 heterocycles. The number of aliphatic imine (C=N–C) groups is 2. The fourth-order valence-electron chi connectivity index (χ4n) is 3.67. The standard InChI is InChI=1S/C20H28N6S/c1-11(2)12(3)23-10-13-8-16(26-19(21)24-13)25-18-15-9-20(15,4)14-6-5-7-22-17(14)27-18/h6,8,11-12,15,23H,5,7,9-10H2,1-4H3,(H2,21,24,26). The molecule has 144 valence electrons. The molecule has 0 amide bonds. The van der Waals surface area contributed by atoms with Gasteiger partial charge in [0, 0.05) is 36.5 Å². The first-order valence-corrected chi connectivity index (χ1v) is 10.6. The molecule has 27 heavy (non-hydrogen) atoms. The zero-order valence-electron chi connectivity index (χ0n) is 16.5. The highest BCUT2D eigenvalue weighted by atomic mass is 32.2. The van der Waals surface area contributed by atoms with Crippen LogP contribution < -0.4 is 11.1 Å². The van der Waals surface area contributed by atoms with Gasteiger partial charge in [0.25, 0.3) is 0 Å². The molecule has 1 aromatic heterocycles. The van der Waals surface area contributed by atoms with Crippen LogP contribution in [-0.2, 0) is 6.54 Å². The number of thioether (sulfide) groups is 1. The first-order valence-electron chi connectivity index (χ1n) is 9.75. The van der Waals surface area contributed by atoms with Crippen LogP contribution in [0.2, 0.25) is 0 Å². The normalized spacial score (nSPS) is 29.1. The molecule has 3 N–H and O–H groups in total. The van der Waals surface area contributed by atoms with Crippen LogP contribution in [0.15, 0.2) is 27.7 Å². The first kappa shape index (κ1) is 18.6. The van der Waals surface area contributed by atoms with Crippen molar-refractivity contribution < 1.29 is 0 Å². The number of aromatic nitrogens is 2. The van der Waals surface area contributed by atoms with E-state index in [1.807, 2.05) is 6.07 Å². The van der Waals surface area contributed by atoms with Crippen LogP contribution in [0, 0.1) is 17.3 Å². The van der Waals surface area contributed by atoms with E-state index in [-0.39, 0.29) is 11.4 Å². The minimum Gasteiger partial charge on any atom is -0.368 e. The van der Waals surface area contributed by atoms with E-state index in [9.17, 15) is 0 Å². The zero-order chi connectivity index (χ0) is 19.2. The molecule has 0 bridgehead atoms. The van der Waals surface area contributed by atoms with Crippen molar-refractivity contribution in [3.63, 3.8) is 0 Å². The number of nitrogens with zero attached hydrogens (tertiary/aromatic N) is 4. The monoisotopic (exact) mass is 384 g/mol. The summed E-state index contributed by atoms with van der Waals surface area (Å²) in [6.07, 6.45) is 4.57. The highest BCUT2D eigenvalue weighted by Crippen LogP contribution is 2.64. The summed E-state index contributed by atoms with van der Waals surface area (Å²) >= 11 is 1.71. The van der Waals surface area contributed by atoms with Crippen molar-refractivity contribution in [3.05, 3.63) is 23.4 Å². The van der Waals surface area contributed by atoms with Gasteiger partial charge in [-0.3, -0.25) is 4.99 Å². The molecule has 6 nitrogen and oxygen atoms in total. The van der Waals surface area contributed by atoms with E-state index >= 15 is 0 Å². The lowest BCUT2D eigenvalue weighted by Crippen LogP contribution is -2.30. The molecule has 4 rings (SSSR count). The van der Waals surface area contributed by atoms with Crippen LogP contribution in [0.5, 0.6) is 0 Å². The molecule has 3 atom stereocenters. The van der Waals surface area contributed by atoms with Crippen LogP contribution in [0.25, 0.3) is 0 Å². The topological polar surface area (TPSA) is 88.5 Å². The highest BCUT2D eigenvalue weighted by molar-refractivity contribution is 8.27. The van der Waals surface area contributed by atoms with Crippen LogP contribution in [-0.4, -0.2) is 32.6 Å². The lowest BCUT2D eigenvalue weighted by atomic mass is 9.93. The van der Waals surface area contributed by atoms with Gasteiger partial charge in [0.15, 0.2) is 5.82 Å². The lowest BCUT2D eigenvalue weighted by molar-refractivity contribution is 0.424. The molecule has 1 saturated carbocycles. The van der Waals surface area contributed by atoms with E-state index in [4.69, 9.17) is 15.7 Å². The summed E-state index contributed by atoms with van der Waals surface area (Å²) in [6.45, 7) is 10.5. The minimum absolute atomic E-state index is 0.207. The molecule has 2 fully saturated rings. The zero-order valence-corrected chi connectivity index (χ0v) is 17.3. The van der Waals surface area contributed by atoms with Crippen molar-refractivity contribution in [2.24, 2.45) is 27.2 Å². The number of anilines is 1. The fourth-order valence-corrected chi connectivity index (χ4v) is 5.08. The Morgan fingerprint density at radius 1 is 1.37 bits per heavy atom. The predicted molar refractivity (Wildman–Crippen MR) is 113 cm³/mol. The number of fused-ring (bicyclic) bond motifs is 3. The van der Waals surface area contributed by atoms with Gasteiger partial charge in [0.1, 0.15) is 0 Å². The smallest absolute Gasteiger partial charge is 0.222 e. The predicted octanol–water partition coefficient (Wildman–Crippen LogP) is 3.72. The van der Waals surface area contributed by atoms with Crippen molar-refractivity contribution in [2.75, 3.05) is 12.3 Å². The van der Waals surface area contributed by atoms with Crippen molar-refractivity contribution in [1.82, 2.24) is 15.3 Å². The number of dihydropyridines is 1. The molecular weight excluding hydrogens is 356 g/mol. The second-order valence-electron chi connectivity index (χ2n) is 8.31. The summed E-state index contributed by atoms with van der Waals surface area (Å²) in [5.41, 5.74) is 8.46. The van der Waals surface area contributed by atoms with Gasteiger partial charge >= 0.3 is 0 Å². The summed E-state index contributed by atoms with van der Waals surface area (Å²) in [7, 11) is 0. The average molecular weight is 385 g/mol. The number of hydrogen-bond donors (Lipinski definition) is 2. The third-order valence-electron chi connectivity index (χ3n) is 5.93. The highest BCUT2D eigenvalue weighted by Gasteiger charge is 2.60. The quantitative estimate of drug-likeness (QED) is 0.807. The first-order chi connectivity index (χ1) is 12.9. The summed E-state index contributed by atoms with van der Waals surface area (Å²) in [6, 6.07) is 2.35. The molecule has 0 spiro atoms. The van der Waals surface area contributed by atoms with E-state index < -0.39 is 0 Å². The van der Waals surface area contributed by atoms with Gasteiger partial charge in [-0.2, -0.15) is 4.98 Å². The Hall–Kier alpha value is -1.73. The van der Waals surface area contributed by atoms with E-state index in [0.717, 1.165) is 35.2 Å². The van der Waals surface area contributed by atoms with Gasteiger partial charge in [-0.25, -0.2) is 9.98 Å². The van der Waals surface area contributed by atoms with Gasteiger partial charge in [-0.15, -0.1) is 0 Å². The number of nitrogens with two attached hydrogens (primary N) is 1. The SMILES string of the molecule is CC(C)C(C)NCc1cc(N=C2SC3=NCCC=C3C3(C)CC23)nc(N)n1. The van der Waals surface area contributed by atoms with Gasteiger partial charge in [0.2, 0.25) is 5.95 Å². The minimum atomic E-state index is 0.207.